The van der Waals surface area contributed by atoms with Gasteiger partial charge in [0.15, 0.2) is 5.96 Å². The zero-order valence-corrected chi connectivity index (χ0v) is 23.4. The van der Waals surface area contributed by atoms with Gasteiger partial charge >= 0.3 is 5.97 Å². The van der Waals surface area contributed by atoms with Crippen LogP contribution in [0.5, 0.6) is 0 Å². The van der Waals surface area contributed by atoms with Gasteiger partial charge in [0.05, 0.1) is 6.04 Å². The second kappa shape index (κ2) is 18.7. The Bertz CT molecular complexity index is 848. The van der Waals surface area contributed by atoms with E-state index in [9.17, 15) is 24.0 Å². The number of guanidine groups is 1. The summed E-state index contributed by atoms with van der Waals surface area (Å²) >= 11 is 0. The lowest BCUT2D eigenvalue weighted by molar-refractivity contribution is -0.141. The third-order valence-corrected chi connectivity index (χ3v) is 5.70. The van der Waals surface area contributed by atoms with Gasteiger partial charge in [-0.2, -0.15) is 0 Å². The number of aliphatic carboxylic acids is 1. The molecule has 0 radical (unpaired) electrons. The standard InChI is InChI=1S/C24H47N9O6/c1-13(2)12-16(26)20(35)33-18(9-7-11-29-24(27)28)21(36)30-14(3)19(34)32-17(8-5-6-10-25)22(37)31-15(4)23(38)39/h13-18H,5-12,25-26H2,1-4H3,(H,30,36)(H,31,37)(H,32,34)(H,33,35)(H,38,39)(H4,27,28,29)/t14-,15+,16+,17+,18-/m0/s1. The van der Waals surface area contributed by atoms with Crippen LogP contribution in [-0.4, -0.2) is 84.0 Å². The van der Waals surface area contributed by atoms with Crippen molar-refractivity contribution in [3.05, 3.63) is 0 Å². The van der Waals surface area contributed by atoms with Crippen LogP contribution in [0.4, 0.5) is 0 Å². The molecule has 15 nitrogen and oxygen atoms in total. The summed E-state index contributed by atoms with van der Waals surface area (Å²) in [7, 11) is 0. The number of nitrogens with zero attached hydrogens (tertiary/aromatic N) is 1. The van der Waals surface area contributed by atoms with Gasteiger partial charge in [-0.05, 0) is 64.8 Å². The molecule has 15 heteroatoms. The molecule has 0 rings (SSSR count). The Balaban J connectivity index is 5.41. The van der Waals surface area contributed by atoms with Crippen molar-refractivity contribution in [2.24, 2.45) is 33.8 Å². The molecule has 0 aliphatic rings. The van der Waals surface area contributed by atoms with Crippen molar-refractivity contribution in [3.8, 4) is 0 Å². The van der Waals surface area contributed by atoms with Gasteiger partial charge < -0.3 is 49.3 Å². The Hall–Kier alpha value is -3.46. The highest BCUT2D eigenvalue weighted by atomic mass is 16.4. The van der Waals surface area contributed by atoms with E-state index in [1.807, 2.05) is 13.8 Å². The summed E-state index contributed by atoms with van der Waals surface area (Å²) in [5, 5.41) is 19.1. The van der Waals surface area contributed by atoms with Gasteiger partial charge in [-0.1, -0.05) is 13.8 Å². The minimum atomic E-state index is -1.22. The SMILES string of the molecule is CC(C)C[C@@H](N)C(=O)N[C@@H](CCCN=C(N)N)C(=O)N[C@@H](C)C(=O)N[C@H](CCCCN)C(=O)N[C@H](C)C(=O)O. The molecule has 0 aliphatic heterocycles. The molecular weight excluding hydrogens is 510 g/mol. The number of carbonyl (C=O) groups excluding carboxylic acids is 4. The second-order valence-electron chi connectivity index (χ2n) is 9.89. The van der Waals surface area contributed by atoms with Crippen LogP contribution in [0.15, 0.2) is 4.99 Å². The number of aliphatic imine (C=N–C) groups is 1. The molecule has 0 aromatic heterocycles. The summed E-state index contributed by atoms with van der Waals surface area (Å²) < 4.78 is 0. The van der Waals surface area contributed by atoms with Crippen LogP contribution in [0.3, 0.4) is 0 Å². The topological polar surface area (TPSA) is 270 Å². The second-order valence-corrected chi connectivity index (χ2v) is 9.89. The summed E-state index contributed by atoms with van der Waals surface area (Å²) in [6.07, 6.45) is 2.29. The molecule has 0 aromatic carbocycles. The first-order valence-electron chi connectivity index (χ1n) is 13.1. The molecule has 0 saturated carbocycles. The first-order chi connectivity index (χ1) is 18.2. The summed E-state index contributed by atoms with van der Waals surface area (Å²) in [6.45, 7) is 7.17. The maximum absolute atomic E-state index is 13.0. The first-order valence-corrected chi connectivity index (χ1v) is 13.1. The Morgan fingerprint density at radius 1 is 0.744 bits per heavy atom. The molecule has 0 aliphatic carbocycles. The first kappa shape index (κ1) is 35.5. The Morgan fingerprint density at radius 2 is 1.26 bits per heavy atom. The molecular formula is C24H47N9O6. The van der Waals surface area contributed by atoms with Gasteiger partial charge in [0.25, 0.3) is 0 Å². The lowest BCUT2D eigenvalue weighted by Crippen LogP contribution is -2.57. The van der Waals surface area contributed by atoms with Gasteiger partial charge in [0.2, 0.25) is 23.6 Å². The molecule has 39 heavy (non-hydrogen) atoms. The van der Waals surface area contributed by atoms with Gasteiger partial charge in [-0.25, -0.2) is 0 Å². The maximum atomic E-state index is 13.0. The van der Waals surface area contributed by atoms with E-state index in [-0.39, 0.29) is 31.3 Å². The van der Waals surface area contributed by atoms with Gasteiger partial charge in [-0.3, -0.25) is 29.0 Å². The fourth-order valence-corrected chi connectivity index (χ4v) is 3.48. The van der Waals surface area contributed by atoms with Crippen LogP contribution in [0.1, 0.15) is 66.2 Å². The van der Waals surface area contributed by atoms with E-state index in [2.05, 4.69) is 26.3 Å². The van der Waals surface area contributed by atoms with Crippen LogP contribution >= 0.6 is 0 Å². The molecule has 0 heterocycles. The third kappa shape index (κ3) is 15.5. The Morgan fingerprint density at radius 3 is 1.74 bits per heavy atom. The van der Waals surface area contributed by atoms with Crippen LogP contribution in [-0.2, 0) is 24.0 Å². The van der Waals surface area contributed by atoms with E-state index >= 15 is 0 Å². The van der Waals surface area contributed by atoms with Gasteiger partial charge in [0.1, 0.15) is 24.2 Å². The minimum absolute atomic E-state index is 0.105. The molecule has 0 fully saturated rings. The third-order valence-electron chi connectivity index (χ3n) is 5.70. The average molecular weight is 558 g/mol. The molecule has 224 valence electrons. The number of hydrogen-bond donors (Lipinski definition) is 9. The average Bonchev–Trinajstić information content (AvgIpc) is 2.84. The van der Waals surface area contributed by atoms with E-state index in [4.69, 9.17) is 28.0 Å². The zero-order chi connectivity index (χ0) is 30.1. The van der Waals surface area contributed by atoms with Crippen molar-refractivity contribution in [1.82, 2.24) is 21.3 Å². The van der Waals surface area contributed by atoms with E-state index in [1.165, 1.54) is 13.8 Å². The molecule has 0 unspecified atom stereocenters. The Labute approximate surface area is 229 Å². The summed E-state index contributed by atoms with van der Waals surface area (Å²) in [5.74, 6) is -3.64. The van der Waals surface area contributed by atoms with Crippen molar-refractivity contribution < 1.29 is 29.1 Å². The van der Waals surface area contributed by atoms with Crippen LogP contribution in [0, 0.1) is 5.92 Å². The molecule has 0 spiro atoms. The summed E-state index contributed by atoms with van der Waals surface area (Å²) in [4.78, 5) is 66.0. The van der Waals surface area contributed by atoms with E-state index in [0.717, 1.165) is 0 Å². The zero-order valence-electron chi connectivity index (χ0n) is 23.4. The highest BCUT2D eigenvalue weighted by Gasteiger charge is 2.29. The number of carbonyl (C=O) groups is 5. The van der Waals surface area contributed by atoms with Crippen LogP contribution in [0.2, 0.25) is 0 Å². The largest absolute Gasteiger partial charge is 0.480 e. The fraction of sp³-hybridized carbons (Fsp3) is 0.750. The normalized spacial score (nSPS) is 14.7. The van der Waals surface area contributed by atoms with Crippen molar-refractivity contribution in [2.45, 2.75) is 96.4 Å². The van der Waals surface area contributed by atoms with Crippen molar-refractivity contribution in [3.63, 3.8) is 0 Å². The monoisotopic (exact) mass is 557 g/mol. The smallest absolute Gasteiger partial charge is 0.325 e. The lowest BCUT2D eigenvalue weighted by Gasteiger charge is -2.25. The highest BCUT2D eigenvalue weighted by Crippen LogP contribution is 2.06. The molecule has 0 aromatic rings. The molecule has 4 amide bonds. The fourth-order valence-electron chi connectivity index (χ4n) is 3.48. The molecule has 0 saturated heterocycles. The number of carboxylic acid groups (broad SMARTS) is 1. The maximum Gasteiger partial charge on any atom is 0.325 e. The molecule has 13 N–H and O–H groups in total. The van der Waals surface area contributed by atoms with E-state index in [0.29, 0.717) is 32.2 Å². The number of nitrogens with two attached hydrogens (primary N) is 4. The van der Waals surface area contributed by atoms with Gasteiger partial charge in [-0.15, -0.1) is 0 Å². The number of unbranched alkanes of at least 4 members (excludes halogenated alkanes) is 1. The van der Waals surface area contributed by atoms with Crippen molar-refractivity contribution in [1.29, 1.82) is 0 Å². The quantitative estimate of drug-likeness (QED) is 0.0461. The number of nitrogens with one attached hydrogen (secondary N) is 4. The number of hydrogen-bond acceptors (Lipinski definition) is 8. The predicted molar refractivity (Wildman–Crippen MR) is 147 cm³/mol. The Kier molecular flexibility index (Phi) is 17.1. The van der Waals surface area contributed by atoms with Crippen LogP contribution < -0.4 is 44.2 Å². The van der Waals surface area contributed by atoms with Crippen LogP contribution in [0.25, 0.3) is 0 Å². The predicted octanol–water partition coefficient (Wildman–Crippen LogP) is -2.39. The van der Waals surface area contributed by atoms with Crippen molar-refractivity contribution in [2.75, 3.05) is 13.1 Å². The van der Waals surface area contributed by atoms with E-state index in [1.54, 1.807) is 0 Å². The summed E-state index contributed by atoms with van der Waals surface area (Å²) in [5.41, 5.74) is 22.1. The van der Waals surface area contributed by atoms with Crippen molar-refractivity contribution >= 4 is 35.6 Å². The highest BCUT2D eigenvalue weighted by molar-refractivity contribution is 5.95. The molecule has 5 atom stereocenters. The minimum Gasteiger partial charge on any atom is -0.480 e. The summed E-state index contributed by atoms with van der Waals surface area (Å²) in [6, 6.07) is -5.11. The number of amides is 4. The lowest BCUT2D eigenvalue weighted by atomic mass is 10.0. The molecule has 0 bridgehead atoms. The number of carboxylic acids is 1. The number of rotatable bonds is 19. The van der Waals surface area contributed by atoms with E-state index < -0.39 is 59.8 Å². The van der Waals surface area contributed by atoms with Gasteiger partial charge in [0, 0.05) is 6.54 Å².